The van der Waals surface area contributed by atoms with Crippen LogP contribution in [0.4, 0.5) is 0 Å². The number of nitrogens with zero attached hydrogens (tertiary/aromatic N) is 1. The second-order valence-corrected chi connectivity index (χ2v) is 4.65. The second-order valence-electron chi connectivity index (χ2n) is 4.00. The van der Waals surface area contributed by atoms with E-state index in [0.717, 1.165) is 17.7 Å². The summed E-state index contributed by atoms with van der Waals surface area (Å²) < 4.78 is 0. The molecule has 1 saturated carbocycles. The van der Waals surface area contributed by atoms with Crippen LogP contribution in [0.2, 0.25) is 0 Å². The van der Waals surface area contributed by atoms with Gasteiger partial charge in [0, 0.05) is 17.7 Å². The number of hydrogen-bond acceptors (Lipinski definition) is 2. The van der Waals surface area contributed by atoms with Gasteiger partial charge in [-0.2, -0.15) is 0 Å². The van der Waals surface area contributed by atoms with Gasteiger partial charge in [-0.1, -0.05) is 40.3 Å². The van der Waals surface area contributed by atoms with Gasteiger partial charge in [0.15, 0.2) is 0 Å². The van der Waals surface area contributed by atoms with E-state index in [-0.39, 0.29) is 0 Å². The van der Waals surface area contributed by atoms with Crippen LogP contribution in [0.25, 0.3) is 0 Å². The Morgan fingerprint density at radius 1 is 1.31 bits per heavy atom. The number of hydrogen-bond donors (Lipinski definition) is 0. The maximum atomic E-state index is 5.31. The Morgan fingerprint density at radius 3 is 2.69 bits per heavy atom. The molecule has 3 heteroatoms. The molecule has 0 amide bonds. The van der Waals surface area contributed by atoms with Gasteiger partial charge in [-0.3, -0.25) is 0 Å². The molecule has 0 saturated heterocycles. The zero-order valence-corrected chi connectivity index (χ0v) is 9.42. The Bertz CT molecular complexity index is 199. The molecule has 2 rings (SSSR count). The molecule has 1 heterocycles. The van der Waals surface area contributed by atoms with Crippen LogP contribution in [-0.2, 0) is 4.84 Å². The molecule has 0 aromatic heterocycles. The Kier molecular flexibility index (Phi) is 3.25. The predicted octanol–water partition coefficient (Wildman–Crippen LogP) is 3.11. The van der Waals surface area contributed by atoms with Gasteiger partial charge in [0.1, 0.15) is 6.10 Å². The largest absolute Gasteiger partial charge is 0.391 e. The Morgan fingerprint density at radius 2 is 2.08 bits per heavy atom. The molecular weight excluding hydrogens is 230 g/mol. The van der Waals surface area contributed by atoms with Crippen molar-refractivity contribution < 1.29 is 4.84 Å². The van der Waals surface area contributed by atoms with E-state index in [1.807, 2.05) is 0 Å². The van der Waals surface area contributed by atoms with Gasteiger partial charge in [0.2, 0.25) is 0 Å². The van der Waals surface area contributed by atoms with E-state index in [0.29, 0.717) is 6.10 Å². The molecule has 1 aliphatic heterocycles. The first-order valence-electron chi connectivity index (χ1n) is 5.18. The highest BCUT2D eigenvalue weighted by atomic mass is 79.9. The highest BCUT2D eigenvalue weighted by Gasteiger charge is 2.27. The maximum Gasteiger partial charge on any atom is 0.142 e. The first kappa shape index (κ1) is 9.50. The molecule has 0 N–H and O–H groups in total. The molecule has 2 nitrogen and oxygen atoms in total. The lowest BCUT2D eigenvalue weighted by Crippen LogP contribution is -2.18. The van der Waals surface area contributed by atoms with Gasteiger partial charge >= 0.3 is 0 Å². The second kappa shape index (κ2) is 4.45. The molecule has 0 aromatic rings. The fourth-order valence-electron chi connectivity index (χ4n) is 2.21. The van der Waals surface area contributed by atoms with Crippen LogP contribution in [-0.4, -0.2) is 17.1 Å². The van der Waals surface area contributed by atoms with E-state index in [2.05, 4.69) is 21.1 Å². The molecule has 1 aliphatic carbocycles. The van der Waals surface area contributed by atoms with E-state index in [1.165, 1.54) is 37.8 Å². The van der Waals surface area contributed by atoms with E-state index >= 15 is 0 Å². The summed E-state index contributed by atoms with van der Waals surface area (Å²) in [6, 6.07) is 0. The van der Waals surface area contributed by atoms with Gasteiger partial charge < -0.3 is 4.84 Å². The third-order valence-corrected chi connectivity index (χ3v) is 3.73. The lowest BCUT2D eigenvalue weighted by Gasteiger charge is -2.20. The highest BCUT2D eigenvalue weighted by molar-refractivity contribution is 9.09. The van der Waals surface area contributed by atoms with Gasteiger partial charge in [-0.25, -0.2) is 0 Å². The Balaban J connectivity index is 1.87. The van der Waals surface area contributed by atoms with Gasteiger partial charge in [0.25, 0.3) is 0 Å². The van der Waals surface area contributed by atoms with Crippen molar-refractivity contribution in [2.75, 3.05) is 5.33 Å². The summed E-state index contributed by atoms with van der Waals surface area (Å²) in [5.74, 6) is 0.734. The molecular formula is C10H16BrNO. The van der Waals surface area contributed by atoms with Crippen LogP contribution in [0.15, 0.2) is 5.16 Å². The van der Waals surface area contributed by atoms with Crippen LogP contribution in [0.1, 0.15) is 38.5 Å². The average molecular weight is 246 g/mol. The smallest absolute Gasteiger partial charge is 0.142 e. The normalized spacial score (nSPS) is 29.9. The first-order valence-corrected chi connectivity index (χ1v) is 6.31. The quantitative estimate of drug-likeness (QED) is 0.686. The molecule has 1 atom stereocenters. The molecule has 1 unspecified atom stereocenters. The maximum absolute atomic E-state index is 5.31. The van der Waals surface area contributed by atoms with Crippen molar-refractivity contribution in [3.8, 4) is 0 Å². The van der Waals surface area contributed by atoms with Crippen LogP contribution in [0, 0.1) is 5.92 Å². The molecule has 74 valence electrons. The first-order chi connectivity index (χ1) is 6.40. The fraction of sp³-hybridized carbons (Fsp3) is 0.900. The predicted molar refractivity (Wildman–Crippen MR) is 57.3 cm³/mol. The average Bonchev–Trinajstić information content (AvgIpc) is 2.67. The zero-order chi connectivity index (χ0) is 9.10. The van der Waals surface area contributed by atoms with Gasteiger partial charge in [0.05, 0.1) is 5.71 Å². The fourth-order valence-corrected chi connectivity index (χ4v) is 2.56. The molecule has 2 aliphatic rings. The van der Waals surface area contributed by atoms with Crippen molar-refractivity contribution in [2.45, 2.75) is 44.6 Å². The zero-order valence-electron chi connectivity index (χ0n) is 7.84. The van der Waals surface area contributed by atoms with Crippen LogP contribution < -0.4 is 0 Å². The van der Waals surface area contributed by atoms with Crippen LogP contribution in [0.5, 0.6) is 0 Å². The Labute approximate surface area is 87.8 Å². The summed E-state index contributed by atoms with van der Waals surface area (Å²) in [4.78, 5) is 5.31. The van der Waals surface area contributed by atoms with E-state index in [9.17, 15) is 0 Å². The van der Waals surface area contributed by atoms with Crippen molar-refractivity contribution in [1.82, 2.24) is 0 Å². The van der Waals surface area contributed by atoms with Crippen LogP contribution >= 0.6 is 15.9 Å². The molecule has 0 bridgehead atoms. The molecule has 13 heavy (non-hydrogen) atoms. The highest BCUT2D eigenvalue weighted by Crippen LogP contribution is 2.29. The van der Waals surface area contributed by atoms with Crippen molar-refractivity contribution in [3.63, 3.8) is 0 Å². The van der Waals surface area contributed by atoms with Crippen molar-refractivity contribution in [1.29, 1.82) is 0 Å². The summed E-state index contributed by atoms with van der Waals surface area (Å²) in [5, 5.41) is 5.11. The minimum atomic E-state index is 0.303. The summed E-state index contributed by atoms with van der Waals surface area (Å²) in [5.41, 5.74) is 1.32. The van der Waals surface area contributed by atoms with Gasteiger partial charge in [-0.15, -0.1) is 0 Å². The van der Waals surface area contributed by atoms with E-state index in [1.54, 1.807) is 0 Å². The third kappa shape index (κ3) is 2.25. The molecule has 0 spiro atoms. The number of rotatable bonds is 2. The van der Waals surface area contributed by atoms with Crippen molar-refractivity contribution >= 4 is 21.6 Å². The van der Waals surface area contributed by atoms with Crippen molar-refractivity contribution in [2.24, 2.45) is 11.1 Å². The monoisotopic (exact) mass is 245 g/mol. The summed E-state index contributed by atoms with van der Waals surface area (Å²) in [6.45, 7) is 0. The third-order valence-electron chi connectivity index (χ3n) is 3.00. The number of halogens is 1. The minimum absolute atomic E-state index is 0.303. The Hall–Kier alpha value is -0.0500. The molecule has 0 aromatic carbocycles. The van der Waals surface area contributed by atoms with E-state index in [4.69, 9.17) is 4.84 Å². The lowest BCUT2D eigenvalue weighted by molar-refractivity contribution is 0.104. The van der Waals surface area contributed by atoms with Gasteiger partial charge in [-0.05, 0) is 12.8 Å². The van der Waals surface area contributed by atoms with Crippen molar-refractivity contribution in [3.05, 3.63) is 0 Å². The standard InChI is InChI=1S/C10H16BrNO/c11-7-9-6-10(12-13-9)8-4-2-1-3-5-8/h8-9H,1-7H2. The lowest BCUT2D eigenvalue weighted by atomic mass is 9.84. The SMILES string of the molecule is BrCC1CC(C2CCCCC2)=NO1. The topological polar surface area (TPSA) is 21.6 Å². The number of oxime groups is 1. The number of alkyl halides is 1. The molecule has 1 fully saturated rings. The summed E-state index contributed by atoms with van der Waals surface area (Å²) in [7, 11) is 0. The molecule has 0 radical (unpaired) electrons. The summed E-state index contributed by atoms with van der Waals surface area (Å²) >= 11 is 3.43. The van der Waals surface area contributed by atoms with Crippen LogP contribution in [0.3, 0.4) is 0 Å². The van der Waals surface area contributed by atoms with E-state index < -0.39 is 0 Å². The minimum Gasteiger partial charge on any atom is -0.391 e. The summed E-state index contributed by atoms with van der Waals surface area (Å²) in [6.07, 6.45) is 8.18.